The Labute approximate surface area is 119 Å². The summed E-state index contributed by atoms with van der Waals surface area (Å²) in [6.07, 6.45) is 1.24. The highest BCUT2D eigenvalue weighted by Crippen LogP contribution is 2.31. The quantitative estimate of drug-likeness (QED) is 0.832. The van der Waals surface area contributed by atoms with Gasteiger partial charge in [-0.2, -0.15) is 0 Å². The van der Waals surface area contributed by atoms with Crippen molar-refractivity contribution in [2.45, 2.75) is 31.6 Å². The summed E-state index contributed by atoms with van der Waals surface area (Å²) in [5.74, 6) is 0. The molecule has 0 radical (unpaired) electrons. The van der Waals surface area contributed by atoms with Gasteiger partial charge < -0.3 is 9.47 Å². The van der Waals surface area contributed by atoms with Crippen molar-refractivity contribution < 1.29 is 9.47 Å². The average Bonchev–Trinajstić information content (AvgIpc) is 2.79. The molecule has 0 bridgehead atoms. The van der Waals surface area contributed by atoms with Crippen molar-refractivity contribution in [3.8, 4) is 0 Å². The fourth-order valence-corrected chi connectivity index (χ4v) is 3.33. The van der Waals surface area contributed by atoms with Crippen molar-refractivity contribution in [1.29, 1.82) is 0 Å². The molecule has 0 amide bonds. The molecule has 2 aliphatic rings. The first-order valence-electron chi connectivity index (χ1n) is 6.88. The summed E-state index contributed by atoms with van der Waals surface area (Å²) >= 11 is 6.25. The monoisotopic (exact) mass is 281 g/mol. The van der Waals surface area contributed by atoms with Crippen LogP contribution in [-0.2, 0) is 16.0 Å². The minimum absolute atomic E-state index is 0.0983. The number of rotatable bonds is 2. The highest BCUT2D eigenvalue weighted by molar-refractivity contribution is 6.31. The Morgan fingerprint density at radius 1 is 1.42 bits per heavy atom. The van der Waals surface area contributed by atoms with Gasteiger partial charge in [-0.25, -0.2) is 0 Å². The van der Waals surface area contributed by atoms with Gasteiger partial charge in [0.15, 0.2) is 0 Å². The van der Waals surface area contributed by atoms with Gasteiger partial charge >= 0.3 is 0 Å². The molecular weight excluding hydrogens is 262 g/mol. The molecule has 0 saturated carbocycles. The number of ether oxygens (including phenoxy) is 2. The molecule has 1 aromatic carbocycles. The van der Waals surface area contributed by atoms with Gasteiger partial charge in [0, 0.05) is 37.7 Å². The molecule has 3 nitrogen and oxygen atoms in total. The predicted molar refractivity (Wildman–Crippen MR) is 75.4 cm³/mol. The van der Waals surface area contributed by atoms with Gasteiger partial charge in [0.25, 0.3) is 0 Å². The van der Waals surface area contributed by atoms with Crippen LogP contribution in [0.15, 0.2) is 24.3 Å². The predicted octanol–water partition coefficient (Wildman–Crippen LogP) is 2.72. The molecule has 104 valence electrons. The SMILES string of the molecule is CC1CN(Cc2ccccc2Cl)CC2(CCOC2)O1. The molecule has 2 fully saturated rings. The van der Waals surface area contributed by atoms with Crippen molar-refractivity contribution in [2.24, 2.45) is 0 Å². The van der Waals surface area contributed by atoms with E-state index in [0.717, 1.165) is 44.3 Å². The zero-order chi connectivity index (χ0) is 13.3. The van der Waals surface area contributed by atoms with E-state index in [0.29, 0.717) is 0 Å². The fraction of sp³-hybridized carbons (Fsp3) is 0.600. The number of hydrogen-bond acceptors (Lipinski definition) is 3. The van der Waals surface area contributed by atoms with Crippen molar-refractivity contribution in [2.75, 3.05) is 26.3 Å². The molecule has 0 aliphatic carbocycles. The van der Waals surface area contributed by atoms with E-state index in [-0.39, 0.29) is 11.7 Å². The zero-order valence-electron chi connectivity index (χ0n) is 11.3. The van der Waals surface area contributed by atoms with E-state index in [1.165, 1.54) is 5.56 Å². The highest BCUT2D eigenvalue weighted by Gasteiger charge is 2.42. The normalized spacial score (nSPS) is 32.0. The van der Waals surface area contributed by atoms with E-state index >= 15 is 0 Å². The Balaban J connectivity index is 1.72. The summed E-state index contributed by atoms with van der Waals surface area (Å²) in [7, 11) is 0. The highest BCUT2D eigenvalue weighted by atomic mass is 35.5. The topological polar surface area (TPSA) is 21.7 Å². The third-order valence-electron chi connectivity index (χ3n) is 3.90. The second-order valence-corrected chi connectivity index (χ2v) is 6.08. The lowest BCUT2D eigenvalue weighted by molar-refractivity contribution is -0.149. The van der Waals surface area contributed by atoms with E-state index in [2.05, 4.69) is 17.9 Å². The van der Waals surface area contributed by atoms with Crippen LogP contribution in [0.5, 0.6) is 0 Å². The molecule has 2 aliphatic heterocycles. The first kappa shape index (κ1) is 13.4. The van der Waals surface area contributed by atoms with Crippen LogP contribution in [0.1, 0.15) is 18.9 Å². The van der Waals surface area contributed by atoms with Crippen LogP contribution in [-0.4, -0.2) is 42.9 Å². The molecule has 2 heterocycles. The number of benzene rings is 1. The van der Waals surface area contributed by atoms with E-state index in [4.69, 9.17) is 21.1 Å². The van der Waals surface area contributed by atoms with Crippen LogP contribution in [0.2, 0.25) is 5.02 Å². The maximum atomic E-state index is 6.25. The van der Waals surface area contributed by atoms with Crippen molar-refractivity contribution in [3.05, 3.63) is 34.9 Å². The molecule has 2 unspecified atom stereocenters. The third-order valence-corrected chi connectivity index (χ3v) is 4.27. The summed E-state index contributed by atoms with van der Waals surface area (Å²) in [6.45, 7) is 6.44. The van der Waals surface area contributed by atoms with Gasteiger partial charge in [0.05, 0.1) is 12.7 Å². The van der Waals surface area contributed by atoms with Gasteiger partial charge in [0.2, 0.25) is 0 Å². The van der Waals surface area contributed by atoms with Crippen LogP contribution in [0.3, 0.4) is 0 Å². The molecule has 19 heavy (non-hydrogen) atoms. The van der Waals surface area contributed by atoms with Crippen LogP contribution in [0, 0.1) is 0 Å². The number of hydrogen-bond donors (Lipinski definition) is 0. The minimum Gasteiger partial charge on any atom is -0.378 e. The van der Waals surface area contributed by atoms with E-state index < -0.39 is 0 Å². The van der Waals surface area contributed by atoms with Gasteiger partial charge in [-0.1, -0.05) is 29.8 Å². The van der Waals surface area contributed by atoms with E-state index in [9.17, 15) is 0 Å². The number of nitrogens with zero attached hydrogens (tertiary/aromatic N) is 1. The lowest BCUT2D eigenvalue weighted by Gasteiger charge is -2.43. The largest absolute Gasteiger partial charge is 0.378 e. The molecule has 1 spiro atoms. The molecular formula is C15H20ClNO2. The van der Waals surface area contributed by atoms with Crippen molar-refractivity contribution in [3.63, 3.8) is 0 Å². The Kier molecular flexibility index (Phi) is 3.81. The summed E-state index contributed by atoms with van der Waals surface area (Å²) in [5.41, 5.74) is 1.09. The summed E-state index contributed by atoms with van der Waals surface area (Å²) < 4.78 is 11.7. The molecule has 3 rings (SSSR count). The molecule has 0 N–H and O–H groups in total. The van der Waals surface area contributed by atoms with Crippen molar-refractivity contribution in [1.82, 2.24) is 4.90 Å². The zero-order valence-corrected chi connectivity index (χ0v) is 12.0. The average molecular weight is 282 g/mol. The van der Waals surface area contributed by atoms with E-state index in [1.807, 2.05) is 18.2 Å². The summed E-state index contributed by atoms with van der Waals surface area (Å²) in [5, 5.41) is 0.846. The standard InChI is InChI=1S/C15H20ClNO2/c1-12-8-17(9-13-4-2-3-5-14(13)16)10-15(19-12)6-7-18-11-15/h2-5,12H,6-11H2,1H3. The Morgan fingerprint density at radius 3 is 3.00 bits per heavy atom. The molecule has 2 saturated heterocycles. The Hall–Kier alpha value is -0.610. The lowest BCUT2D eigenvalue weighted by Crippen LogP contribution is -2.55. The minimum atomic E-state index is -0.0983. The van der Waals surface area contributed by atoms with Crippen LogP contribution in [0.4, 0.5) is 0 Å². The van der Waals surface area contributed by atoms with Gasteiger partial charge in [-0.05, 0) is 18.6 Å². The number of morpholine rings is 1. The van der Waals surface area contributed by atoms with E-state index in [1.54, 1.807) is 0 Å². The first-order chi connectivity index (χ1) is 9.17. The Morgan fingerprint density at radius 2 is 2.26 bits per heavy atom. The fourth-order valence-electron chi connectivity index (χ4n) is 3.13. The molecule has 0 aromatic heterocycles. The van der Waals surface area contributed by atoms with Crippen LogP contribution in [0.25, 0.3) is 0 Å². The maximum absolute atomic E-state index is 6.25. The van der Waals surface area contributed by atoms with Crippen molar-refractivity contribution >= 4 is 11.6 Å². The summed E-state index contributed by atoms with van der Waals surface area (Å²) in [6, 6.07) is 8.06. The molecule has 1 aromatic rings. The summed E-state index contributed by atoms with van der Waals surface area (Å²) in [4.78, 5) is 2.43. The second-order valence-electron chi connectivity index (χ2n) is 5.68. The third kappa shape index (κ3) is 2.95. The number of halogens is 1. The van der Waals surface area contributed by atoms with Crippen LogP contribution < -0.4 is 0 Å². The Bertz CT molecular complexity index is 446. The van der Waals surface area contributed by atoms with Crippen LogP contribution >= 0.6 is 11.6 Å². The maximum Gasteiger partial charge on any atom is 0.107 e. The molecule has 2 atom stereocenters. The van der Waals surface area contributed by atoms with Gasteiger partial charge in [-0.3, -0.25) is 4.90 Å². The first-order valence-corrected chi connectivity index (χ1v) is 7.26. The second kappa shape index (κ2) is 5.41. The van der Waals surface area contributed by atoms with Gasteiger partial charge in [0.1, 0.15) is 5.60 Å². The van der Waals surface area contributed by atoms with Gasteiger partial charge in [-0.15, -0.1) is 0 Å². The lowest BCUT2D eigenvalue weighted by atomic mass is 9.99. The molecule has 4 heteroatoms. The smallest absolute Gasteiger partial charge is 0.107 e.